The van der Waals surface area contributed by atoms with Crippen LogP contribution >= 0.6 is 23.2 Å². The van der Waals surface area contributed by atoms with Crippen LogP contribution in [0, 0.1) is 12.7 Å². The van der Waals surface area contributed by atoms with Gasteiger partial charge < -0.3 is 10.2 Å². The summed E-state index contributed by atoms with van der Waals surface area (Å²) < 4.78 is 42.4. The molecule has 0 bridgehead atoms. The summed E-state index contributed by atoms with van der Waals surface area (Å²) in [5.41, 5.74) is 0.857. The fourth-order valence-corrected chi connectivity index (χ4v) is 6.05. The van der Waals surface area contributed by atoms with E-state index in [4.69, 9.17) is 23.2 Å². The second-order valence-corrected chi connectivity index (χ2v) is 13.4. The molecule has 0 aliphatic carbocycles. The van der Waals surface area contributed by atoms with Gasteiger partial charge >= 0.3 is 0 Å². The van der Waals surface area contributed by atoms with Crippen molar-refractivity contribution in [3.05, 3.63) is 93.7 Å². The maximum Gasteiger partial charge on any atom is 0.264 e. The van der Waals surface area contributed by atoms with Crippen molar-refractivity contribution in [1.29, 1.82) is 0 Å². The van der Waals surface area contributed by atoms with Crippen molar-refractivity contribution in [3.63, 3.8) is 0 Å². The molecule has 1 atom stereocenters. The Balaban J connectivity index is 2.11. The summed E-state index contributed by atoms with van der Waals surface area (Å²) in [7, 11) is -4.31. The quantitative estimate of drug-likeness (QED) is 0.285. The highest BCUT2D eigenvalue weighted by Gasteiger charge is 2.35. The molecular weight excluding hydrogens is 588 g/mol. The number of hydrogen-bond donors (Lipinski definition) is 1. The molecule has 3 aromatic rings. The predicted octanol–water partition coefficient (Wildman–Crippen LogP) is 6.36. The van der Waals surface area contributed by atoms with Crippen LogP contribution in [0.2, 0.25) is 10.0 Å². The zero-order valence-corrected chi connectivity index (χ0v) is 25.9. The number of hydrogen-bond acceptors (Lipinski definition) is 4. The number of rotatable bonds is 10. The number of carbonyl (C=O) groups excluding carboxylic acids is 2. The molecule has 11 heteroatoms. The third-order valence-corrected chi connectivity index (χ3v) is 8.54. The van der Waals surface area contributed by atoms with E-state index in [-0.39, 0.29) is 33.6 Å². The number of carbonyl (C=O) groups is 2. The lowest BCUT2D eigenvalue weighted by atomic mass is 10.1. The van der Waals surface area contributed by atoms with Gasteiger partial charge in [0.2, 0.25) is 11.8 Å². The minimum atomic E-state index is -4.31. The highest BCUT2D eigenvalue weighted by Crippen LogP contribution is 2.33. The Morgan fingerprint density at radius 1 is 0.976 bits per heavy atom. The van der Waals surface area contributed by atoms with Crippen molar-refractivity contribution in [2.75, 3.05) is 10.8 Å². The van der Waals surface area contributed by atoms with Gasteiger partial charge in [0.25, 0.3) is 10.0 Å². The van der Waals surface area contributed by atoms with Crippen molar-refractivity contribution in [2.45, 2.75) is 64.1 Å². The van der Waals surface area contributed by atoms with Crippen LogP contribution in [-0.4, -0.2) is 43.3 Å². The van der Waals surface area contributed by atoms with Crippen LogP contribution in [0.15, 0.2) is 71.6 Å². The molecule has 2 amide bonds. The summed E-state index contributed by atoms with van der Waals surface area (Å²) in [5.74, 6) is -1.50. The highest BCUT2D eigenvalue weighted by atomic mass is 35.5. The van der Waals surface area contributed by atoms with Crippen molar-refractivity contribution in [1.82, 2.24) is 10.2 Å². The first kappa shape index (κ1) is 32.4. The Morgan fingerprint density at radius 3 is 2.15 bits per heavy atom. The molecule has 1 N–H and O–H groups in total. The van der Waals surface area contributed by atoms with Crippen molar-refractivity contribution >= 4 is 50.7 Å². The molecule has 3 rings (SSSR count). The standard InChI is InChI=1S/C30H34Cl2FN3O4S/c1-6-26(29(38)34-30(3,4)5)35(18-21-9-12-23(33)13-10-21)28(37)19-36(27-17-22(31)11-16-25(27)32)41(39,40)24-14-7-20(2)8-15-24/h7-17,26H,6,18-19H2,1-5H3,(H,34,38)/t26-/m1/s1. The van der Waals surface area contributed by atoms with E-state index in [1.807, 2.05) is 27.7 Å². The van der Waals surface area contributed by atoms with E-state index in [0.717, 1.165) is 9.87 Å². The fraction of sp³-hybridized carbons (Fsp3) is 0.333. The second kappa shape index (κ2) is 13.2. The molecule has 0 unspecified atom stereocenters. The second-order valence-electron chi connectivity index (χ2n) is 10.7. The van der Waals surface area contributed by atoms with Gasteiger partial charge in [0, 0.05) is 17.1 Å². The first-order chi connectivity index (χ1) is 19.1. The Morgan fingerprint density at radius 2 is 1.59 bits per heavy atom. The summed E-state index contributed by atoms with van der Waals surface area (Å²) in [6, 6.07) is 15.1. The maximum absolute atomic E-state index is 14.1. The number of aryl methyl sites for hydroxylation is 1. The first-order valence-electron chi connectivity index (χ1n) is 13.0. The van der Waals surface area contributed by atoms with Gasteiger partial charge in [-0.15, -0.1) is 0 Å². The molecule has 220 valence electrons. The molecule has 7 nitrogen and oxygen atoms in total. The summed E-state index contributed by atoms with van der Waals surface area (Å²) in [6.45, 7) is 8.31. The first-order valence-corrected chi connectivity index (χ1v) is 15.2. The van der Waals surface area contributed by atoms with Gasteiger partial charge in [-0.2, -0.15) is 0 Å². The zero-order valence-electron chi connectivity index (χ0n) is 23.6. The molecule has 0 aliphatic heterocycles. The number of nitrogens with one attached hydrogen (secondary N) is 1. The molecule has 0 spiro atoms. The van der Waals surface area contributed by atoms with E-state index >= 15 is 0 Å². The number of amides is 2. The predicted molar refractivity (Wildman–Crippen MR) is 161 cm³/mol. The third-order valence-electron chi connectivity index (χ3n) is 6.22. The SMILES string of the molecule is CC[C@H](C(=O)NC(C)(C)C)N(Cc1ccc(F)cc1)C(=O)CN(c1cc(Cl)ccc1Cl)S(=O)(=O)c1ccc(C)cc1. The average Bonchev–Trinajstić information content (AvgIpc) is 2.89. The summed E-state index contributed by atoms with van der Waals surface area (Å²) in [4.78, 5) is 28.7. The molecule has 0 heterocycles. The van der Waals surface area contributed by atoms with Crippen molar-refractivity contribution < 1.29 is 22.4 Å². The highest BCUT2D eigenvalue weighted by molar-refractivity contribution is 7.92. The van der Waals surface area contributed by atoms with Crippen LogP contribution in [0.4, 0.5) is 10.1 Å². The Bertz CT molecular complexity index is 1490. The fourth-order valence-electron chi connectivity index (χ4n) is 4.19. The van der Waals surface area contributed by atoms with E-state index in [1.165, 1.54) is 59.5 Å². The van der Waals surface area contributed by atoms with Gasteiger partial charge in [0.1, 0.15) is 18.4 Å². The molecule has 0 fully saturated rings. The van der Waals surface area contributed by atoms with Gasteiger partial charge in [-0.25, -0.2) is 12.8 Å². The normalized spacial score (nSPS) is 12.5. The number of sulfonamides is 1. The van der Waals surface area contributed by atoms with E-state index in [9.17, 15) is 22.4 Å². The largest absolute Gasteiger partial charge is 0.350 e. The van der Waals surface area contributed by atoms with E-state index in [2.05, 4.69) is 5.32 Å². The minimum absolute atomic E-state index is 0.0158. The van der Waals surface area contributed by atoms with Gasteiger partial charge in [-0.3, -0.25) is 13.9 Å². The topological polar surface area (TPSA) is 86.8 Å². The lowest BCUT2D eigenvalue weighted by Crippen LogP contribution is -2.55. The van der Waals surface area contributed by atoms with Crippen LogP contribution in [0.5, 0.6) is 0 Å². The van der Waals surface area contributed by atoms with Crippen molar-refractivity contribution in [2.24, 2.45) is 0 Å². The molecule has 0 saturated carbocycles. The number of nitrogens with zero attached hydrogens (tertiary/aromatic N) is 2. The molecule has 0 aromatic heterocycles. The van der Waals surface area contributed by atoms with Crippen molar-refractivity contribution in [3.8, 4) is 0 Å². The number of anilines is 1. The van der Waals surface area contributed by atoms with Crippen LogP contribution in [0.3, 0.4) is 0 Å². The Labute approximate surface area is 251 Å². The van der Waals surface area contributed by atoms with Gasteiger partial charge in [0.15, 0.2) is 0 Å². The van der Waals surface area contributed by atoms with Gasteiger partial charge in [-0.05, 0) is 82.1 Å². The maximum atomic E-state index is 14.1. The smallest absolute Gasteiger partial charge is 0.264 e. The minimum Gasteiger partial charge on any atom is -0.350 e. The Kier molecular flexibility index (Phi) is 10.4. The molecule has 41 heavy (non-hydrogen) atoms. The lowest BCUT2D eigenvalue weighted by Gasteiger charge is -2.35. The molecule has 0 radical (unpaired) electrons. The zero-order chi connectivity index (χ0) is 30.5. The van der Waals surface area contributed by atoms with Crippen LogP contribution in [0.1, 0.15) is 45.2 Å². The Hall–Kier alpha value is -3.14. The van der Waals surface area contributed by atoms with E-state index in [0.29, 0.717) is 5.56 Å². The molecule has 0 aliphatic rings. The van der Waals surface area contributed by atoms with E-state index < -0.39 is 45.8 Å². The number of halogens is 3. The summed E-state index contributed by atoms with van der Waals surface area (Å²) in [6.07, 6.45) is 0.248. The average molecular weight is 623 g/mol. The lowest BCUT2D eigenvalue weighted by molar-refractivity contribution is -0.141. The van der Waals surface area contributed by atoms with Crippen LogP contribution in [-0.2, 0) is 26.2 Å². The van der Waals surface area contributed by atoms with Gasteiger partial charge in [-0.1, -0.05) is 60.0 Å². The third kappa shape index (κ3) is 8.44. The van der Waals surface area contributed by atoms with Crippen LogP contribution < -0.4 is 9.62 Å². The molecule has 0 saturated heterocycles. The summed E-state index contributed by atoms with van der Waals surface area (Å²) in [5, 5.41) is 3.19. The van der Waals surface area contributed by atoms with E-state index in [1.54, 1.807) is 19.1 Å². The van der Waals surface area contributed by atoms with Gasteiger partial charge in [0.05, 0.1) is 15.6 Å². The van der Waals surface area contributed by atoms with Crippen LogP contribution in [0.25, 0.3) is 0 Å². The summed E-state index contributed by atoms with van der Waals surface area (Å²) >= 11 is 12.7. The molecule has 3 aromatic carbocycles. The molecular formula is C30H34Cl2FN3O4S. The number of benzene rings is 3. The monoisotopic (exact) mass is 621 g/mol.